The Morgan fingerprint density at radius 1 is 1.70 bits per heavy atom. The molecule has 1 aromatic rings. The molecule has 10 heavy (non-hydrogen) atoms. The molecule has 1 rings (SSSR count). The Labute approximate surface area is 66.7 Å². The summed E-state index contributed by atoms with van der Waals surface area (Å²) in [5.41, 5.74) is 2.43. The van der Waals surface area contributed by atoms with E-state index in [1.165, 1.54) is 5.56 Å². The Hall–Kier alpha value is -0.440. The van der Waals surface area contributed by atoms with E-state index in [9.17, 15) is 0 Å². The van der Waals surface area contributed by atoms with Crippen molar-refractivity contribution >= 4 is 12.6 Å². The monoisotopic (exact) mass is 156 g/mol. The van der Waals surface area contributed by atoms with Gasteiger partial charge in [0.2, 0.25) is 0 Å². The lowest BCUT2D eigenvalue weighted by molar-refractivity contribution is 0.756. The second-order valence-electron chi connectivity index (χ2n) is 2.39. The fourth-order valence-corrected chi connectivity index (χ4v) is 1.26. The number of aromatic nitrogens is 2. The van der Waals surface area contributed by atoms with Gasteiger partial charge in [-0.2, -0.15) is 17.7 Å². The Balaban J connectivity index is 2.81. The molecule has 0 aliphatic carbocycles. The first-order valence-electron chi connectivity index (χ1n) is 3.34. The minimum Gasteiger partial charge on any atom is -0.275 e. The smallest absolute Gasteiger partial charge is 0.0625 e. The van der Waals surface area contributed by atoms with Crippen LogP contribution in [-0.4, -0.2) is 15.5 Å². The summed E-state index contributed by atoms with van der Waals surface area (Å²) >= 11 is 4.15. The summed E-state index contributed by atoms with van der Waals surface area (Å²) in [7, 11) is 1.94. The van der Waals surface area contributed by atoms with Crippen molar-refractivity contribution in [2.45, 2.75) is 13.3 Å². The Morgan fingerprint density at radius 2 is 2.40 bits per heavy atom. The largest absolute Gasteiger partial charge is 0.275 e. The van der Waals surface area contributed by atoms with E-state index in [2.05, 4.69) is 17.7 Å². The predicted molar refractivity (Wildman–Crippen MR) is 45.5 cm³/mol. The van der Waals surface area contributed by atoms with E-state index < -0.39 is 0 Å². The highest BCUT2D eigenvalue weighted by atomic mass is 32.1. The van der Waals surface area contributed by atoms with Gasteiger partial charge in [-0.25, -0.2) is 0 Å². The summed E-state index contributed by atoms with van der Waals surface area (Å²) in [6.45, 7) is 2.03. The molecule has 56 valence electrons. The molecule has 1 aromatic heterocycles. The van der Waals surface area contributed by atoms with Gasteiger partial charge < -0.3 is 0 Å². The molecule has 0 fully saturated rings. The maximum Gasteiger partial charge on any atom is 0.0625 e. The van der Waals surface area contributed by atoms with Crippen molar-refractivity contribution in [2.75, 3.05) is 5.75 Å². The summed E-state index contributed by atoms with van der Waals surface area (Å²) in [4.78, 5) is 0. The van der Waals surface area contributed by atoms with Crippen molar-refractivity contribution in [3.63, 3.8) is 0 Å². The molecule has 0 bridgehead atoms. The summed E-state index contributed by atoms with van der Waals surface area (Å²) in [6.07, 6.45) is 3.06. The van der Waals surface area contributed by atoms with Gasteiger partial charge in [0.25, 0.3) is 0 Å². The highest BCUT2D eigenvalue weighted by Gasteiger charge is 1.99. The third-order valence-electron chi connectivity index (χ3n) is 1.50. The number of hydrogen-bond acceptors (Lipinski definition) is 2. The fraction of sp³-hybridized carbons (Fsp3) is 0.571. The maximum atomic E-state index is 4.21. The van der Waals surface area contributed by atoms with Gasteiger partial charge in [0.05, 0.1) is 5.69 Å². The lowest BCUT2D eigenvalue weighted by Gasteiger charge is -1.90. The summed E-state index contributed by atoms with van der Waals surface area (Å²) < 4.78 is 1.84. The van der Waals surface area contributed by atoms with Gasteiger partial charge in [-0.3, -0.25) is 4.68 Å². The number of rotatable bonds is 2. The molecule has 0 radical (unpaired) electrons. The molecule has 0 N–H and O–H groups in total. The second kappa shape index (κ2) is 3.10. The van der Waals surface area contributed by atoms with Crippen LogP contribution in [0.15, 0.2) is 6.20 Å². The van der Waals surface area contributed by atoms with Gasteiger partial charge in [0.15, 0.2) is 0 Å². The maximum absolute atomic E-state index is 4.21. The van der Waals surface area contributed by atoms with Crippen molar-refractivity contribution < 1.29 is 0 Å². The number of aryl methyl sites for hydroxylation is 3. The van der Waals surface area contributed by atoms with Crippen LogP contribution in [0, 0.1) is 6.92 Å². The van der Waals surface area contributed by atoms with Gasteiger partial charge in [0, 0.05) is 13.2 Å². The zero-order valence-electron chi connectivity index (χ0n) is 6.33. The van der Waals surface area contributed by atoms with Gasteiger partial charge in [-0.1, -0.05) is 0 Å². The van der Waals surface area contributed by atoms with Crippen LogP contribution in [0.2, 0.25) is 0 Å². The van der Waals surface area contributed by atoms with Crippen molar-refractivity contribution in [2.24, 2.45) is 7.05 Å². The molecule has 3 heteroatoms. The standard InChI is InChI=1S/C7H12N2S/c1-6-7(3-4-10)5-9(2)8-6/h5,10H,3-4H2,1-2H3. The molecule has 0 saturated heterocycles. The van der Waals surface area contributed by atoms with Crippen LogP contribution in [0.4, 0.5) is 0 Å². The van der Waals surface area contributed by atoms with Crippen LogP contribution < -0.4 is 0 Å². The molecule has 0 atom stereocenters. The number of hydrogen-bond donors (Lipinski definition) is 1. The molecule has 0 saturated carbocycles. The lowest BCUT2D eigenvalue weighted by Crippen LogP contribution is -1.86. The van der Waals surface area contributed by atoms with Crippen LogP contribution >= 0.6 is 12.6 Å². The van der Waals surface area contributed by atoms with Gasteiger partial charge >= 0.3 is 0 Å². The van der Waals surface area contributed by atoms with Crippen LogP contribution in [0.1, 0.15) is 11.3 Å². The zero-order chi connectivity index (χ0) is 7.56. The predicted octanol–water partition coefficient (Wildman–Crippen LogP) is 1.20. The van der Waals surface area contributed by atoms with E-state index in [4.69, 9.17) is 0 Å². The number of thiol groups is 1. The van der Waals surface area contributed by atoms with Crippen molar-refractivity contribution in [3.8, 4) is 0 Å². The van der Waals surface area contributed by atoms with Crippen LogP contribution in [0.5, 0.6) is 0 Å². The lowest BCUT2D eigenvalue weighted by atomic mass is 10.2. The highest BCUT2D eigenvalue weighted by Crippen LogP contribution is 2.05. The first-order chi connectivity index (χ1) is 4.74. The molecule has 0 unspecified atom stereocenters. The van der Waals surface area contributed by atoms with E-state index in [-0.39, 0.29) is 0 Å². The summed E-state index contributed by atoms with van der Waals surface area (Å²) in [6, 6.07) is 0. The molecule has 2 nitrogen and oxygen atoms in total. The second-order valence-corrected chi connectivity index (χ2v) is 2.83. The van der Waals surface area contributed by atoms with Crippen molar-refractivity contribution in [3.05, 3.63) is 17.5 Å². The van der Waals surface area contributed by atoms with Gasteiger partial charge in [0.1, 0.15) is 0 Å². The molecule has 0 aromatic carbocycles. The SMILES string of the molecule is Cc1nn(C)cc1CCS. The first kappa shape index (κ1) is 7.66. The third-order valence-corrected chi connectivity index (χ3v) is 1.72. The van der Waals surface area contributed by atoms with Gasteiger partial charge in [-0.15, -0.1) is 0 Å². The minimum absolute atomic E-state index is 0.895. The summed E-state index contributed by atoms with van der Waals surface area (Å²) in [5.74, 6) is 0.895. The molecular weight excluding hydrogens is 144 g/mol. The Morgan fingerprint density at radius 3 is 2.80 bits per heavy atom. The van der Waals surface area contributed by atoms with E-state index in [1.54, 1.807) is 0 Å². The van der Waals surface area contributed by atoms with E-state index in [0.29, 0.717) is 0 Å². The normalized spacial score (nSPS) is 10.3. The number of nitrogens with zero attached hydrogens (tertiary/aromatic N) is 2. The molecule has 1 heterocycles. The van der Waals surface area contributed by atoms with Gasteiger partial charge in [-0.05, 0) is 24.7 Å². The fourth-order valence-electron chi connectivity index (χ4n) is 1.01. The minimum atomic E-state index is 0.895. The molecular formula is C7H12N2S. The Bertz CT molecular complexity index is 217. The van der Waals surface area contributed by atoms with Crippen molar-refractivity contribution in [1.82, 2.24) is 9.78 Å². The van der Waals surface area contributed by atoms with E-state index >= 15 is 0 Å². The first-order valence-corrected chi connectivity index (χ1v) is 3.97. The van der Waals surface area contributed by atoms with Crippen LogP contribution in [-0.2, 0) is 13.5 Å². The average Bonchev–Trinajstić information content (AvgIpc) is 2.13. The quantitative estimate of drug-likeness (QED) is 0.637. The van der Waals surface area contributed by atoms with E-state index in [1.807, 2.05) is 24.9 Å². The topological polar surface area (TPSA) is 17.8 Å². The van der Waals surface area contributed by atoms with E-state index in [0.717, 1.165) is 17.9 Å². The van der Waals surface area contributed by atoms with Crippen LogP contribution in [0.25, 0.3) is 0 Å². The molecule has 0 aliphatic rings. The highest BCUT2D eigenvalue weighted by molar-refractivity contribution is 7.80. The molecule has 0 aliphatic heterocycles. The third kappa shape index (κ3) is 1.53. The molecule has 0 amide bonds. The van der Waals surface area contributed by atoms with Crippen LogP contribution in [0.3, 0.4) is 0 Å². The zero-order valence-corrected chi connectivity index (χ0v) is 7.23. The average molecular weight is 156 g/mol. The summed E-state index contributed by atoms with van der Waals surface area (Å²) in [5, 5.41) is 4.21. The Kier molecular flexibility index (Phi) is 2.38. The van der Waals surface area contributed by atoms with Crippen molar-refractivity contribution in [1.29, 1.82) is 0 Å². The molecule has 0 spiro atoms.